The Morgan fingerprint density at radius 1 is 1.22 bits per heavy atom. The van der Waals surface area contributed by atoms with Gasteiger partial charge >= 0.3 is 6.01 Å². The van der Waals surface area contributed by atoms with Gasteiger partial charge in [-0.3, -0.25) is 0 Å². The molecule has 0 fully saturated rings. The van der Waals surface area contributed by atoms with Crippen molar-refractivity contribution >= 4 is 11.9 Å². The van der Waals surface area contributed by atoms with Gasteiger partial charge in [0.2, 0.25) is 11.9 Å². The SMILES string of the molecule is CCCOc1nc(NC)nc(NC(CC)CO)n1. The first kappa shape index (κ1) is 14.4. The van der Waals surface area contributed by atoms with Gasteiger partial charge in [-0.1, -0.05) is 13.8 Å². The average molecular weight is 255 g/mol. The van der Waals surface area contributed by atoms with Crippen LogP contribution in [0.25, 0.3) is 0 Å². The van der Waals surface area contributed by atoms with Crippen molar-refractivity contribution in [1.82, 2.24) is 15.0 Å². The van der Waals surface area contributed by atoms with Crippen LogP contribution in [-0.2, 0) is 0 Å². The number of aromatic nitrogens is 3. The van der Waals surface area contributed by atoms with Crippen LogP contribution in [0, 0.1) is 0 Å². The Labute approximate surface area is 107 Å². The van der Waals surface area contributed by atoms with E-state index < -0.39 is 0 Å². The van der Waals surface area contributed by atoms with Crippen LogP contribution in [-0.4, -0.2) is 46.4 Å². The highest BCUT2D eigenvalue weighted by atomic mass is 16.5. The number of nitrogens with one attached hydrogen (secondary N) is 2. The minimum Gasteiger partial charge on any atom is -0.463 e. The molecule has 102 valence electrons. The van der Waals surface area contributed by atoms with Gasteiger partial charge in [-0.15, -0.1) is 0 Å². The molecule has 1 heterocycles. The van der Waals surface area contributed by atoms with Gasteiger partial charge in [0.05, 0.1) is 19.3 Å². The smallest absolute Gasteiger partial charge is 0.323 e. The Kier molecular flexibility index (Phi) is 6.13. The summed E-state index contributed by atoms with van der Waals surface area (Å²) >= 11 is 0. The van der Waals surface area contributed by atoms with E-state index in [9.17, 15) is 0 Å². The maximum absolute atomic E-state index is 9.14. The second kappa shape index (κ2) is 7.65. The fourth-order valence-electron chi connectivity index (χ4n) is 1.25. The third-order valence-corrected chi connectivity index (χ3v) is 2.32. The number of nitrogens with zero attached hydrogens (tertiary/aromatic N) is 3. The Morgan fingerprint density at radius 2 is 1.94 bits per heavy atom. The zero-order valence-electron chi connectivity index (χ0n) is 11.1. The molecule has 1 aromatic heterocycles. The van der Waals surface area contributed by atoms with Crippen LogP contribution >= 0.6 is 0 Å². The molecule has 7 heteroatoms. The van der Waals surface area contributed by atoms with Crippen LogP contribution in [0.1, 0.15) is 26.7 Å². The molecule has 0 amide bonds. The summed E-state index contributed by atoms with van der Waals surface area (Å²) in [5, 5.41) is 15.0. The lowest BCUT2D eigenvalue weighted by molar-refractivity contribution is 0.270. The number of hydrogen-bond acceptors (Lipinski definition) is 7. The summed E-state index contributed by atoms with van der Waals surface area (Å²) in [7, 11) is 1.73. The number of hydrogen-bond donors (Lipinski definition) is 3. The highest BCUT2D eigenvalue weighted by molar-refractivity contribution is 5.36. The van der Waals surface area contributed by atoms with Gasteiger partial charge < -0.3 is 20.5 Å². The van der Waals surface area contributed by atoms with Crippen molar-refractivity contribution in [2.24, 2.45) is 0 Å². The Balaban J connectivity index is 2.82. The zero-order chi connectivity index (χ0) is 13.4. The second-order valence-electron chi connectivity index (χ2n) is 3.80. The molecule has 7 nitrogen and oxygen atoms in total. The van der Waals surface area contributed by atoms with Crippen molar-refractivity contribution in [1.29, 1.82) is 0 Å². The lowest BCUT2D eigenvalue weighted by Crippen LogP contribution is -2.24. The summed E-state index contributed by atoms with van der Waals surface area (Å²) in [6.07, 6.45) is 1.67. The fourth-order valence-corrected chi connectivity index (χ4v) is 1.25. The number of anilines is 2. The van der Waals surface area contributed by atoms with Crippen LogP contribution in [0.2, 0.25) is 0 Å². The molecular weight excluding hydrogens is 234 g/mol. The molecule has 0 radical (unpaired) electrons. The van der Waals surface area contributed by atoms with E-state index in [1.54, 1.807) is 7.05 Å². The summed E-state index contributed by atoms with van der Waals surface area (Å²) in [5.41, 5.74) is 0. The minimum atomic E-state index is -0.0730. The molecule has 0 saturated carbocycles. The number of aliphatic hydroxyl groups is 1. The van der Waals surface area contributed by atoms with Crippen molar-refractivity contribution in [2.45, 2.75) is 32.7 Å². The summed E-state index contributed by atoms with van der Waals surface area (Å²) in [5.74, 6) is 0.841. The average Bonchev–Trinajstić information content (AvgIpc) is 2.42. The second-order valence-corrected chi connectivity index (χ2v) is 3.80. The molecule has 1 rings (SSSR count). The van der Waals surface area contributed by atoms with Gasteiger partial charge in [0.25, 0.3) is 0 Å². The summed E-state index contributed by atoms with van der Waals surface area (Å²) < 4.78 is 5.38. The van der Waals surface area contributed by atoms with Gasteiger partial charge in [0, 0.05) is 7.05 Å². The molecule has 0 spiro atoms. The van der Waals surface area contributed by atoms with Gasteiger partial charge in [0.1, 0.15) is 0 Å². The quantitative estimate of drug-likeness (QED) is 0.635. The topological polar surface area (TPSA) is 92.2 Å². The van der Waals surface area contributed by atoms with Gasteiger partial charge in [-0.2, -0.15) is 15.0 Å². The molecular formula is C11H21N5O2. The van der Waals surface area contributed by atoms with Crippen molar-refractivity contribution in [3.63, 3.8) is 0 Å². The first-order chi connectivity index (χ1) is 8.73. The van der Waals surface area contributed by atoms with Crippen molar-refractivity contribution < 1.29 is 9.84 Å². The number of ether oxygens (including phenoxy) is 1. The highest BCUT2D eigenvalue weighted by Gasteiger charge is 2.10. The normalized spacial score (nSPS) is 12.0. The monoisotopic (exact) mass is 255 g/mol. The van der Waals surface area contributed by atoms with E-state index in [4.69, 9.17) is 9.84 Å². The first-order valence-corrected chi connectivity index (χ1v) is 6.17. The van der Waals surface area contributed by atoms with E-state index in [1.165, 1.54) is 0 Å². The third kappa shape index (κ3) is 4.33. The Hall–Kier alpha value is -1.63. The Bertz CT molecular complexity index is 357. The van der Waals surface area contributed by atoms with E-state index in [1.807, 2.05) is 13.8 Å². The van der Waals surface area contributed by atoms with E-state index in [-0.39, 0.29) is 18.7 Å². The molecule has 0 aromatic carbocycles. The maximum atomic E-state index is 9.14. The molecule has 1 aromatic rings. The molecule has 0 aliphatic rings. The molecule has 0 aliphatic carbocycles. The largest absolute Gasteiger partial charge is 0.463 e. The Morgan fingerprint density at radius 3 is 2.50 bits per heavy atom. The molecule has 1 atom stereocenters. The van der Waals surface area contributed by atoms with Gasteiger partial charge in [0.15, 0.2) is 0 Å². The van der Waals surface area contributed by atoms with Crippen molar-refractivity contribution in [2.75, 3.05) is 30.9 Å². The van der Waals surface area contributed by atoms with Crippen molar-refractivity contribution in [3.05, 3.63) is 0 Å². The van der Waals surface area contributed by atoms with Crippen LogP contribution in [0.5, 0.6) is 6.01 Å². The van der Waals surface area contributed by atoms with Crippen LogP contribution in [0.4, 0.5) is 11.9 Å². The molecule has 0 aliphatic heterocycles. The lowest BCUT2D eigenvalue weighted by atomic mass is 10.2. The van der Waals surface area contributed by atoms with Crippen molar-refractivity contribution in [3.8, 4) is 6.01 Å². The lowest BCUT2D eigenvalue weighted by Gasteiger charge is -2.14. The molecule has 0 bridgehead atoms. The van der Waals surface area contributed by atoms with Crippen LogP contribution in [0.15, 0.2) is 0 Å². The minimum absolute atomic E-state index is 0.0300. The molecule has 18 heavy (non-hydrogen) atoms. The standard InChI is InChI=1S/C11H21N5O2/c1-4-6-18-11-15-9(12-3)14-10(16-11)13-8(5-2)7-17/h8,17H,4-7H2,1-3H3,(H2,12,13,14,15,16). The molecule has 0 saturated heterocycles. The van der Waals surface area contributed by atoms with Crippen LogP contribution < -0.4 is 15.4 Å². The summed E-state index contributed by atoms with van der Waals surface area (Å²) in [6.45, 7) is 4.58. The third-order valence-electron chi connectivity index (χ3n) is 2.32. The van der Waals surface area contributed by atoms with Gasteiger partial charge in [-0.25, -0.2) is 0 Å². The zero-order valence-corrected chi connectivity index (χ0v) is 11.1. The van der Waals surface area contributed by atoms with E-state index in [2.05, 4.69) is 25.6 Å². The maximum Gasteiger partial charge on any atom is 0.323 e. The number of aliphatic hydroxyl groups excluding tert-OH is 1. The molecule has 1 unspecified atom stereocenters. The fraction of sp³-hybridized carbons (Fsp3) is 0.727. The van der Waals surface area contributed by atoms with Gasteiger partial charge in [-0.05, 0) is 12.8 Å². The predicted octanol–water partition coefficient (Wildman–Crippen LogP) is 0.885. The number of rotatable bonds is 8. The summed E-state index contributed by atoms with van der Waals surface area (Å²) in [6, 6.07) is 0.211. The van der Waals surface area contributed by atoms with Crippen LogP contribution in [0.3, 0.4) is 0 Å². The predicted molar refractivity (Wildman–Crippen MR) is 69.9 cm³/mol. The van der Waals surface area contributed by atoms with E-state index in [0.29, 0.717) is 18.5 Å². The highest BCUT2D eigenvalue weighted by Crippen LogP contribution is 2.12. The van der Waals surface area contributed by atoms with E-state index in [0.717, 1.165) is 12.8 Å². The summed E-state index contributed by atoms with van der Waals surface area (Å²) in [4.78, 5) is 12.4. The van der Waals surface area contributed by atoms with E-state index >= 15 is 0 Å². The molecule has 3 N–H and O–H groups in total. The first-order valence-electron chi connectivity index (χ1n) is 6.17.